The number of hydrogen-bond acceptors (Lipinski definition) is 5. The molecule has 7 heteroatoms. The first kappa shape index (κ1) is 12.1. The van der Waals surface area contributed by atoms with Crippen molar-refractivity contribution in [2.45, 2.75) is 0 Å². The van der Waals surface area contributed by atoms with Crippen LogP contribution < -0.4 is 5.32 Å². The summed E-state index contributed by atoms with van der Waals surface area (Å²) in [5.41, 5.74) is 1.55. The first-order valence-electron chi connectivity index (χ1n) is 5.08. The normalized spacial score (nSPS) is 11.0. The van der Waals surface area contributed by atoms with Crippen molar-refractivity contribution >= 4 is 22.6 Å². The highest BCUT2D eigenvalue weighted by Gasteiger charge is 2.00. The Labute approximate surface area is 108 Å². The van der Waals surface area contributed by atoms with Gasteiger partial charge in [0.05, 0.1) is 23.8 Å². The quantitative estimate of drug-likeness (QED) is 0.384. The van der Waals surface area contributed by atoms with Gasteiger partial charge in [-0.05, 0) is 24.5 Å². The summed E-state index contributed by atoms with van der Waals surface area (Å²) in [6, 6.07) is 7.44. The van der Waals surface area contributed by atoms with Crippen molar-refractivity contribution in [2.75, 3.05) is 6.26 Å². The minimum absolute atomic E-state index is 0.545. The van der Waals surface area contributed by atoms with E-state index in [0.29, 0.717) is 5.17 Å². The summed E-state index contributed by atoms with van der Waals surface area (Å²) in [5, 5.41) is 19.7. The molecule has 18 heavy (non-hydrogen) atoms. The lowest BCUT2D eigenvalue weighted by atomic mass is 10.3. The molecule has 0 atom stereocenters. The molecule has 0 saturated heterocycles. The van der Waals surface area contributed by atoms with E-state index in [1.807, 2.05) is 36.7 Å². The van der Waals surface area contributed by atoms with Crippen LogP contribution in [-0.2, 0) is 0 Å². The summed E-state index contributed by atoms with van der Waals surface area (Å²) in [5.74, 6) is 0. The van der Waals surface area contributed by atoms with Gasteiger partial charge in [-0.25, -0.2) is 4.99 Å². The van der Waals surface area contributed by atoms with Crippen LogP contribution in [0.15, 0.2) is 41.7 Å². The highest BCUT2D eigenvalue weighted by Crippen LogP contribution is 2.17. The predicted octanol–water partition coefficient (Wildman–Crippen LogP) is 1.69. The molecule has 2 rings (SSSR count). The van der Waals surface area contributed by atoms with E-state index in [9.17, 15) is 0 Å². The fourth-order valence-electron chi connectivity index (χ4n) is 1.33. The molecule has 0 fully saturated rings. The SMILES string of the molecule is CSC(=Nc1cccc(-n2nccn2)c1)NC#N. The van der Waals surface area contributed by atoms with E-state index >= 15 is 0 Å². The Kier molecular flexibility index (Phi) is 3.94. The molecule has 90 valence electrons. The Morgan fingerprint density at radius 2 is 2.22 bits per heavy atom. The van der Waals surface area contributed by atoms with Gasteiger partial charge in [-0.1, -0.05) is 17.8 Å². The Morgan fingerprint density at radius 1 is 1.44 bits per heavy atom. The Hall–Kier alpha value is -2.33. The van der Waals surface area contributed by atoms with Crippen molar-refractivity contribution in [3.8, 4) is 11.9 Å². The van der Waals surface area contributed by atoms with Gasteiger partial charge < -0.3 is 0 Å². The van der Waals surface area contributed by atoms with Gasteiger partial charge in [0.1, 0.15) is 0 Å². The highest BCUT2D eigenvalue weighted by atomic mass is 32.2. The second-order valence-corrected chi connectivity index (χ2v) is 3.99. The van der Waals surface area contributed by atoms with Gasteiger partial charge in [-0.2, -0.15) is 20.3 Å². The predicted molar refractivity (Wildman–Crippen MR) is 70.7 cm³/mol. The second-order valence-electron chi connectivity index (χ2n) is 3.20. The van der Waals surface area contributed by atoms with Gasteiger partial charge in [-0.3, -0.25) is 5.32 Å². The van der Waals surface area contributed by atoms with Gasteiger partial charge in [-0.15, -0.1) is 0 Å². The van der Waals surface area contributed by atoms with Gasteiger partial charge >= 0.3 is 0 Å². The summed E-state index contributed by atoms with van der Waals surface area (Å²) >= 11 is 1.37. The minimum atomic E-state index is 0.545. The number of rotatable bonds is 2. The van der Waals surface area contributed by atoms with Crippen molar-refractivity contribution in [1.29, 1.82) is 5.26 Å². The summed E-state index contributed by atoms with van der Waals surface area (Å²) in [7, 11) is 0. The maximum atomic E-state index is 8.57. The van der Waals surface area contributed by atoms with Crippen LogP contribution in [0.25, 0.3) is 5.69 Å². The monoisotopic (exact) mass is 258 g/mol. The molecule has 1 aromatic heterocycles. The lowest BCUT2D eigenvalue weighted by molar-refractivity contribution is 0.752. The molecular formula is C11H10N6S. The zero-order chi connectivity index (χ0) is 12.8. The number of nitrogens with one attached hydrogen (secondary N) is 1. The van der Waals surface area contributed by atoms with E-state index in [4.69, 9.17) is 5.26 Å². The fourth-order valence-corrected chi connectivity index (χ4v) is 1.67. The molecule has 0 aliphatic heterocycles. The van der Waals surface area contributed by atoms with Crippen molar-refractivity contribution in [2.24, 2.45) is 4.99 Å². The maximum absolute atomic E-state index is 8.57. The van der Waals surface area contributed by atoms with Gasteiger partial charge in [0.25, 0.3) is 0 Å². The Balaban J connectivity index is 2.31. The summed E-state index contributed by atoms with van der Waals surface area (Å²) in [6.07, 6.45) is 6.92. The van der Waals surface area contributed by atoms with Crippen molar-refractivity contribution in [3.63, 3.8) is 0 Å². The van der Waals surface area contributed by atoms with Crippen LogP contribution in [0.1, 0.15) is 0 Å². The number of amidine groups is 1. The highest BCUT2D eigenvalue weighted by molar-refractivity contribution is 8.13. The van der Waals surface area contributed by atoms with E-state index in [2.05, 4.69) is 20.5 Å². The fraction of sp³-hybridized carbons (Fsp3) is 0.0909. The average molecular weight is 258 g/mol. The summed E-state index contributed by atoms with van der Waals surface area (Å²) in [4.78, 5) is 5.82. The molecule has 0 radical (unpaired) electrons. The summed E-state index contributed by atoms with van der Waals surface area (Å²) < 4.78 is 0. The first-order chi connectivity index (χ1) is 8.83. The van der Waals surface area contributed by atoms with E-state index in [0.717, 1.165) is 11.4 Å². The van der Waals surface area contributed by atoms with Crippen molar-refractivity contribution in [3.05, 3.63) is 36.7 Å². The third kappa shape index (κ3) is 2.87. The first-order valence-corrected chi connectivity index (χ1v) is 6.30. The molecule has 0 aliphatic rings. The molecule has 1 heterocycles. The van der Waals surface area contributed by atoms with Crippen molar-refractivity contribution in [1.82, 2.24) is 20.3 Å². The number of nitrogens with zero attached hydrogens (tertiary/aromatic N) is 5. The largest absolute Gasteiger partial charge is 0.271 e. The van der Waals surface area contributed by atoms with Crippen LogP contribution in [0.5, 0.6) is 0 Å². The lowest BCUT2D eigenvalue weighted by Gasteiger charge is -2.02. The van der Waals surface area contributed by atoms with Gasteiger partial charge in [0, 0.05) is 0 Å². The smallest absolute Gasteiger partial charge is 0.183 e. The maximum Gasteiger partial charge on any atom is 0.183 e. The Morgan fingerprint density at radius 3 is 2.89 bits per heavy atom. The molecule has 0 spiro atoms. The molecule has 0 amide bonds. The number of benzene rings is 1. The molecule has 0 unspecified atom stereocenters. The number of aliphatic imine (C=N–C) groups is 1. The molecule has 0 aliphatic carbocycles. The van der Waals surface area contributed by atoms with Crippen molar-refractivity contribution < 1.29 is 0 Å². The standard InChI is InChI=1S/C11H10N6S/c1-18-11(13-8-12)16-9-3-2-4-10(7-9)17-14-5-6-15-17/h2-7H,1H3,(H,13,16). The van der Waals surface area contributed by atoms with E-state index in [-0.39, 0.29) is 0 Å². The third-order valence-corrected chi connectivity index (χ3v) is 2.65. The average Bonchev–Trinajstić information content (AvgIpc) is 2.92. The van der Waals surface area contributed by atoms with E-state index < -0.39 is 0 Å². The molecule has 2 aromatic rings. The number of aromatic nitrogens is 3. The molecule has 1 aromatic carbocycles. The molecular weight excluding hydrogens is 248 g/mol. The van der Waals surface area contributed by atoms with Crippen LogP contribution in [0.2, 0.25) is 0 Å². The third-order valence-electron chi connectivity index (χ3n) is 2.07. The van der Waals surface area contributed by atoms with Gasteiger partial charge in [0.2, 0.25) is 0 Å². The summed E-state index contributed by atoms with van der Waals surface area (Å²) in [6.45, 7) is 0. The van der Waals surface area contributed by atoms with Gasteiger partial charge in [0.15, 0.2) is 11.4 Å². The van der Waals surface area contributed by atoms with Crippen LogP contribution in [0.3, 0.4) is 0 Å². The van der Waals surface area contributed by atoms with E-state index in [1.165, 1.54) is 16.6 Å². The van der Waals surface area contributed by atoms with Crippen LogP contribution in [0.4, 0.5) is 5.69 Å². The number of nitriles is 1. The van der Waals surface area contributed by atoms with Crippen LogP contribution in [-0.4, -0.2) is 26.4 Å². The van der Waals surface area contributed by atoms with Crippen LogP contribution in [0, 0.1) is 11.5 Å². The minimum Gasteiger partial charge on any atom is -0.271 e. The molecule has 1 N–H and O–H groups in total. The molecule has 0 saturated carbocycles. The molecule has 6 nitrogen and oxygen atoms in total. The number of hydrogen-bond donors (Lipinski definition) is 1. The second kappa shape index (κ2) is 5.84. The zero-order valence-corrected chi connectivity index (χ0v) is 10.4. The van der Waals surface area contributed by atoms with E-state index in [1.54, 1.807) is 12.4 Å². The Bertz CT molecular complexity index is 584. The lowest BCUT2D eigenvalue weighted by Crippen LogP contribution is -2.12. The molecule has 0 bridgehead atoms. The zero-order valence-electron chi connectivity index (χ0n) is 9.61. The topological polar surface area (TPSA) is 78.9 Å². The number of thioether (sulfide) groups is 1. The van der Waals surface area contributed by atoms with Crippen LogP contribution >= 0.6 is 11.8 Å².